The highest BCUT2D eigenvalue weighted by molar-refractivity contribution is 7.91. The van der Waals surface area contributed by atoms with Gasteiger partial charge >= 0.3 is 5.76 Å². The molecule has 1 atom stereocenters. The second-order valence-electron chi connectivity index (χ2n) is 5.14. The van der Waals surface area contributed by atoms with Crippen LogP contribution in [0.25, 0.3) is 0 Å². The summed E-state index contributed by atoms with van der Waals surface area (Å²) in [5.74, 6) is -3.86. The second-order valence-corrected chi connectivity index (χ2v) is 7.03. The molecule has 0 amide bonds. The first-order chi connectivity index (χ1) is 10.8. The molecule has 2 rings (SSSR count). The van der Waals surface area contributed by atoms with Crippen LogP contribution in [0.5, 0.6) is 0 Å². The highest BCUT2D eigenvalue weighted by atomic mass is 32.2. The van der Waals surface area contributed by atoms with E-state index in [0.717, 1.165) is 6.07 Å². The van der Waals surface area contributed by atoms with E-state index in [4.69, 9.17) is 0 Å². The molecular weight excluding hydrogens is 327 g/mol. The number of nitrogens with one attached hydrogen (secondary N) is 1. The number of rotatable bonds is 6. The van der Waals surface area contributed by atoms with E-state index in [1.165, 1.54) is 18.2 Å². The van der Waals surface area contributed by atoms with E-state index in [9.17, 15) is 21.6 Å². The standard InChI is InChI=1S/C16H16F3NO2S/c1-11(10-12-6-2-3-7-13(12)17)20-14-8-4-5-9-15(14)23(21,22)16(18)19/h2-9,11,16,20H,10H2,1H3. The van der Waals surface area contributed by atoms with Crippen LogP contribution in [0.4, 0.5) is 18.9 Å². The molecule has 0 aliphatic heterocycles. The lowest BCUT2D eigenvalue weighted by Gasteiger charge is -2.18. The van der Waals surface area contributed by atoms with Crippen LogP contribution in [0.2, 0.25) is 0 Å². The Morgan fingerprint density at radius 1 is 1.04 bits per heavy atom. The van der Waals surface area contributed by atoms with Crippen LogP contribution >= 0.6 is 0 Å². The van der Waals surface area contributed by atoms with Gasteiger partial charge in [-0.2, -0.15) is 8.78 Å². The van der Waals surface area contributed by atoms with Crippen molar-refractivity contribution in [3.8, 4) is 0 Å². The molecule has 3 nitrogen and oxygen atoms in total. The maximum Gasteiger partial charge on any atom is 0.341 e. The SMILES string of the molecule is CC(Cc1ccccc1F)Nc1ccccc1S(=O)(=O)C(F)F. The van der Waals surface area contributed by atoms with Gasteiger partial charge in [0.05, 0.1) is 10.6 Å². The summed E-state index contributed by atoms with van der Waals surface area (Å²) in [6.45, 7) is 1.72. The molecule has 0 aliphatic rings. The quantitative estimate of drug-likeness (QED) is 0.866. The van der Waals surface area contributed by atoms with E-state index >= 15 is 0 Å². The third kappa shape index (κ3) is 4.04. The summed E-state index contributed by atoms with van der Waals surface area (Å²) in [5, 5.41) is 2.87. The van der Waals surface area contributed by atoms with E-state index in [2.05, 4.69) is 5.32 Å². The van der Waals surface area contributed by atoms with Crippen molar-refractivity contribution in [3.05, 3.63) is 59.9 Å². The Labute approximate surface area is 133 Å². The molecule has 0 saturated carbocycles. The predicted octanol–water partition coefficient (Wildman–Crippen LogP) is 3.87. The molecular formula is C16H16F3NO2S. The largest absolute Gasteiger partial charge is 0.381 e. The fraction of sp³-hybridized carbons (Fsp3) is 0.250. The Bertz CT molecular complexity index is 778. The minimum atomic E-state index is -4.70. The van der Waals surface area contributed by atoms with Gasteiger partial charge in [0.2, 0.25) is 9.84 Å². The van der Waals surface area contributed by atoms with Crippen molar-refractivity contribution in [3.63, 3.8) is 0 Å². The van der Waals surface area contributed by atoms with Crippen molar-refractivity contribution < 1.29 is 21.6 Å². The highest BCUT2D eigenvalue weighted by Gasteiger charge is 2.29. The summed E-state index contributed by atoms with van der Waals surface area (Å²) in [6.07, 6.45) is 0.287. The Balaban J connectivity index is 2.23. The van der Waals surface area contributed by atoms with Gasteiger partial charge in [0.15, 0.2) is 0 Å². The van der Waals surface area contributed by atoms with Crippen LogP contribution in [-0.4, -0.2) is 20.2 Å². The van der Waals surface area contributed by atoms with Crippen LogP contribution in [-0.2, 0) is 16.3 Å². The van der Waals surface area contributed by atoms with Crippen molar-refractivity contribution in [1.82, 2.24) is 0 Å². The highest BCUT2D eigenvalue weighted by Crippen LogP contribution is 2.27. The maximum absolute atomic E-state index is 13.6. The monoisotopic (exact) mass is 343 g/mol. The summed E-state index contributed by atoms with van der Waals surface area (Å²) in [5.41, 5.74) is 0.540. The third-order valence-electron chi connectivity index (χ3n) is 3.31. The minimum absolute atomic E-state index is 0.0802. The molecule has 0 aliphatic carbocycles. The van der Waals surface area contributed by atoms with Gasteiger partial charge in [-0.3, -0.25) is 0 Å². The second kappa shape index (κ2) is 7.04. The van der Waals surface area contributed by atoms with Gasteiger partial charge in [-0.05, 0) is 37.1 Å². The van der Waals surface area contributed by atoms with Crippen molar-refractivity contribution in [2.24, 2.45) is 0 Å². The molecule has 23 heavy (non-hydrogen) atoms. The zero-order chi connectivity index (χ0) is 17.0. The molecule has 1 N–H and O–H groups in total. The van der Waals surface area contributed by atoms with Crippen molar-refractivity contribution in [2.75, 3.05) is 5.32 Å². The van der Waals surface area contributed by atoms with E-state index in [0.29, 0.717) is 5.56 Å². The first-order valence-corrected chi connectivity index (χ1v) is 8.48. The molecule has 0 aromatic heterocycles. The van der Waals surface area contributed by atoms with E-state index in [1.807, 2.05) is 0 Å². The van der Waals surface area contributed by atoms with Crippen molar-refractivity contribution in [1.29, 1.82) is 0 Å². The van der Waals surface area contributed by atoms with E-state index < -0.39 is 20.5 Å². The first-order valence-electron chi connectivity index (χ1n) is 6.93. The van der Waals surface area contributed by atoms with Crippen molar-refractivity contribution in [2.45, 2.75) is 30.0 Å². The molecule has 0 saturated heterocycles. The van der Waals surface area contributed by atoms with Gasteiger partial charge in [0.25, 0.3) is 0 Å². The van der Waals surface area contributed by atoms with Gasteiger partial charge < -0.3 is 5.32 Å². The molecule has 7 heteroatoms. The molecule has 0 heterocycles. The molecule has 124 valence electrons. The number of alkyl halides is 2. The Hall–Kier alpha value is -2.02. The molecule has 1 unspecified atom stereocenters. The molecule has 2 aromatic carbocycles. The molecule has 0 radical (unpaired) electrons. The van der Waals surface area contributed by atoms with Gasteiger partial charge in [-0.1, -0.05) is 30.3 Å². The lowest BCUT2D eigenvalue weighted by Crippen LogP contribution is -2.21. The fourth-order valence-corrected chi connectivity index (χ4v) is 3.13. The summed E-state index contributed by atoms with van der Waals surface area (Å²) in [7, 11) is -4.70. The lowest BCUT2D eigenvalue weighted by molar-refractivity contribution is 0.235. The molecule has 0 fully saturated rings. The number of para-hydroxylation sites is 1. The number of hydrogen-bond donors (Lipinski definition) is 1. The fourth-order valence-electron chi connectivity index (χ4n) is 2.24. The minimum Gasteiger partial charge on any atom is -0.381 e. The summed E-state index contributed by atoms with van der Waals surface area (Å²) < 4.78 is 62.5. The van der Waals surface area contributed by atoms with Crippen LogP contribution in [0.3, 0.4) is 0 Å². The smallest absolute Gasteiger partial charge is 0.341 e. The summed E-state index contributed by atoms with van der Waals surface area (Å²) >= 11 is 0. The Morgan fingerprint density at radius 3 is 2.30 bits per heavy atom. The topological polar surface area (TPSA) is 46.2 Å². The predicted molar refractivity (Wildman–Crippen MR) is 82.8 cm³/mol. The molecule has 0 bridgehead atoms. The number of hydrogen-bond acceptors (Lipinski definition) is 3. The average molecular weight is 343 g/mol. The first kappa shape index (κ1) is 17.3. The number of sulfone groups is 1. The Kier molecular flexibility index (Phi) is 5.30. The zero-order valence-electron chi connectivity index (χ0n) is 12.3. The normalized spacial score (nSPS) is 13.1. The van der Waals surface area contributed by atoms with Gasteiger partial charge in [0.1, 0.15) is 5.82 Å². The van der Waals surface area contributed by atoms with Gasteiger partial charge in [0, 0.05) is 6.04 Å². The number of halogens is 3. The summed E-state index contributed by atoms with van der Waals surface area (Å²) in [4.78, 5) is -0.463. The summed E-state index contributed by atoms with van der Waals surface area (Å²) in [6, 6.07) is 11.3. The van der Waals surface area contributed by atoms with Crippen LogP contribution in [0.1, 0.15) is 12.5 Å². The Morgan fingerprint density at radius 2 is 1.65 bits per heavy atom. The maximum atomic E-state index is 13.6. The van der Waals surface area contributed by atoms with Crippen LogP contribution < -0.4 is 5.32 Å². The third-order valence-corrected chi connectivity index (χ3v) is 4.75. The van der Waals surface area contributed by atoms with E-state index in [1.54, 1.807) is 31.2 Å². The molecule has 2 aromatic rings. The van der Waals surface area contributed by atoms with Crippen molar-refractivity contribution >= 4 is 15.5 Å². The van der Waals surface area contributed by atoms with Gasteiger partial charge in [-0.25, -0.2) is 12.8 Å². The van der Waals surface area contributed by atoms with Gasteiger partial charge in [-0.15, -0.1) is 0 Å². The number of anilines is 1. The average Bonchev–Trinajstić information content (AvgIpc) is 2.50. The van der Waals surface area contributed by atoms with E-state index in [-0.39, 0.29) is 24.0 Å². The zero-order valence-corrected chi connectivity index (χ0v) is 13.2. The van der Waals surface area contributed by atoms with Crippen LogP contribution in [0.15, 0.2) is 53.4 Å². The van der Waals surface area contributed by atoms with Crippen LogP contribution in [0, 0.1) is 5.82 Å². The molecule has 0 spiro atoms. The number of benzene rings is 2. The lowest BCUT2D eigenvalue weighted by atomic mass is 10.1.